The summed E-state index contributed by atoms with van der Waals surface area (Å²) in [4.78, 5) is 0. The van der Waals surface area contributed by atoms with Gasteiger partial charge >= 0.3 is 0 Å². The molecule has 0 fully saturated rings. The van der Waals surface area contributed by atoms with E-state index in [4.69, 9.17) is 19.9 Å². The van der Waals surface area contributed by atoms with Crippen LogP contribution in [0.2, 0.25) is 0 Å². The maximum Gasteiger partial charge on any atom is 0.156 e. The summed E-state index contributed by atoms with van der Waals surface area (Å²) < 4.78 is 32.1. The molecule has 0 bridgehead atoms. The van der Waals surface area contributed by atoms with Crippen LogP contribution in [0.15, 0.2) is 18.2 Å². The molecule has 0 saturated heterocycles. The summed E-state index contributed by atoms with van der Waals surface area (Å²) in [5.74, 6) is -0.512. The van der Waals surface area contributed by atoms with Crippen molar-refractivity contribution < 1.29 is 28.8 Å². The van der Waals surface area contributed by atoms with Gasteiger partial charge in [0, 0.05) is 49.8 Å². The van der Waals surface area contributed by atoms with Crippen LogP contribution in [0.3, 0.4) is 0 Å². The zero-order valence-corrected chi connectivity index (χ0v) is 17.7. The van der Waals surface area contributed by atoms with Gasteiger partial charge in [-0.05, 0) is 18.6 Å². The first-order chi connectivity index (χ1) is 13.7. The maximum absolute atomic E-state index is 14.1. The van der Waals surface area contributed by atoms with Crippen molar-refractivity contribution in [1.82, 2.24) is 4.57 Å². The first-order valence-corrected chi connectivity index (χ1v) is 9.74. The molecular formula is C21H33FN2O5. The molecule has 29 heavy (non-hydrogen) atoms. The minimum atomic E-state index is -0.957. The van der Waals surface area contributed by atoms with Crippen LogP contribution in [0, 0.1) is 5.82 Å². The Morgan fingerprint density at radius 3 is 2.52 bits per heavy atom. The fourth-order valence-electron chi connectivity index (χ4n) is 3.41. The molecular weight excluding hydrogens is 379 g/mol. The highest BCUT2D eigenvalue weighted by atomic mass is 19.1. The molecule has 8 heteroatoms. The molecule has 0 saturated carbocycles. The zero-order valence-electron chi connectivity index (χ0n) is 17.7. The largest absolute Gasteiger partial charge is 0.396 e. The van der Waals surface area contributed by atoms with Crippen LogP contribution in [0.5, 0.6) is 0 Å². The number of aromatic nitrogens is 1. The number of methoxy groups -OCH3 is 2. The second-order valence-corrected chi connectivity index (χ2v) is 7.89. The van der Waals surface area contributed by atoms with Gasteiger partial charge in [0.1, 0.15) is 5.82 Å². The predicted molar refractivity (Wildman–Crippen MR) is 110 cm³/mol. The topological polar surface area (TPSA) is 99.1 Å². The van der Waals surface area contributed by atoms with E-state index in [1.165, 1.54) is 6.07 Å². The Labute approximate surface area is 171 Å². The normalized spacial score (nSPS) is 13.5. The minimum Gasteiger partial charge on any atom is -0.396 e. The minimum absolute atomic E-state index is 0.0730. The van der Waals surface area contributed by atoms with Gasteiger partial charge in [-0.15, -0.1) is 0 Å². The van der Waals surface area contributed by atoms with Gasteiger partial charge in [-0.2, -0.15) is 0 Å². The first-order valence-electron chi connectivity index (χ1n) is 9.74. The third kappa shape index (κ3) is 5.90. The Bertz CT molecular complexity index is 789. The molecule has 7 nitrogen and oxygen atoms in total. The molecule has 1 aromatic heterocycles. The molecule has 0 aliphatic carbocycles. The summed E-state index contributed by atoms with van der Waals surface area (Å²) in [5.41, 5.74) is 6.87. The summed E-state index contributed by atoms with van der Waals surface area (Å²) in [5, 5.41) is 20.1. The van der Waals surface area contributed by atoms with E-state index in [2.05, 4.69) is 0 Å². The van der Waals surface area contributed by atoms with E-state index in [1.807, 2.05) is 24.5 Å². The summed E-state index contributed by atoms with van der Waals surface area (Å²) >= 11 is 0. The third-order valence-electron chi connectivity index (χ3n) is 5.03. The summed E-state index contributed by atoms with van der Waals surface area (Å²) in [6, 6.07) is 4.89. The van der Waals surface area contributed by atoms with Crippen LogP contribution < -0.4 is 5.73 Å². The average Bonchev–Trinajstić information content (AvgIpc) is 3.03. The molecule has 4 N–H and O–H groups in total. The quantitative estimate of drug-likeness (QED) is 0.281. The Balaban J connectivity index is 2.19. The number of nitrogens with two attached hydrogens (primary N) is 1. The smallest absolute Gasteiger partial charge is 0.156 e. The number of hydrogen-bond acceptors (Lipinski definition) is 6. The number of hydrogen-bond donors (Lipinski definition) is 3. The van der Waals surface area contributed by atoms with E-state index in [1.54, 1.807) is 20.3 Å². The van der Waals surface area contributed by atoms with Crippen molar-refractivity contribution in [3.63, 3.8) is 0 Å². The Morgan fingerprint density at radius 1 is 1.21 bits per heavy atom. The van der Waals surface area contributed by atoms with Gasteiger partial charge < -0.3 is 34.7 Å². The molecule has 0 spiro atoms. The van der Waals surface area contributed by atoms with E-state index < -0.39 is 17.3 Å². The van der Waals surface area contributed by atoms with Crippen molar-refractivity contribution in [2.24, 2.45) is 0 Å². The molecule has 0 aliphatic heterocycles. The molecule has 0 amide bonds. The highest BCUT2D eigenvalue weighted by Gasteiger charge is 2.27. The van der Waals surface area contributed by atoms with Crippen LogP contribution in [0.4, 0.5) is 10.1 Å². The van der Waals surface area contributed by atoms with Crippen molar-refractivity contribution in [2.75, 3.05) is 39.8 Å². The number of aliphatic hydroxyl groups is 2. The van der Waals surface area contributed by atoms with Crippen LogP contribution in [0.25, 0.3) is 10.9 Å². The van der Waals surface area contributed by atoms with Crippen LogP contribution in [-0.2, 0) is 26.2 Å². The molecule has 1 aromatic carbocycles. The Kier molecular flexibility index (Phi) is 8.42. The van der Waals surface area contributed by atoms with Crippen LogP contribution in [0.1, 0.15) is 32.4 Å². The van der Waals surface area contributed by atoms with Crippen LogP contribution >= 0.6 is 0 Å². The molecule has 2 rings (SSSR count). The molecule has 0 aliphatic rings. The number of rotatable bonds is 12. The molecule has 2 aromatic rings. The number of nitrogens with zero attached hydrogens (tertiary/aromatic N) is 1. The lowest BCUT2D eigenvalue weighted by Gasteiger charge is -2.28. The second kappa shape index (κ2) is 10.4. The number of nitrogen functional groups attached to an aromatic ring is 1. The van der Waals surface area contributed by atoms with E-state index in [-0.39, 0.29) is 25.1 Å². The van der Waals surface area contributed by atoms with Crippen molar-refractivity contribution in [2.45, 2.75) is 51.0 Å². The summed E-state index contributed by atoms with van der Waals surface area (Å²) in [6.07, 6.45) is 0.321. The first kappa shape index (κ1) is 23.6. The van der Waals surface area contributed by atoms with Crippen molar-refractivity contribution in [3.8, 4) is 0 Å². The van der Waals surface area contributed by atoms with Crippen LogP contribution in [-0.4, -0.2) is 61.2 Å². The molecule has 0 radical (unpaired) electrons. The summed E-state index contributed by atoms with van der Waals surface area (Å²) in [7, 11) is 3.21. The van der Waals surface area contributed by atoms with E-state index >= 15 is 0 Å². The fourth-order valence-corrected chi connectivity index (χ4v) is 3.41. The van der Waals surface area contributed by atoms with E-state index in [9.17, 15) is 14.6 Å². The highest BCUT2D eigenvalue weighted by molar-refractivity contribution is 5.85. The third-order valence-corrected chi connectivity index (χ3v) is 5.03. The predicted octanol–water partition coefficient (Wildman–Crippen LogP) is 2.41. The van der Waals surface area contributed by atoms with Gasteiger partial charge in [-0.25, -0.2) is 4.39 Å². The lowest BCUT2D eigenvalue weighted by molar-refractivity contribution is -0.109. The second-order valence-electron chi connectivity index (χ2n) is 7.89. The number of aliphatic hydroxyl groups excluding tert-OH is 2. The van der Waals surface area contributed by atoms with Crippen molar-refractivity contribution in [3.05, 3.63) is 29.7 Å². The lowest BCUT2D eigenvalue weighted by Crippen LogP contribution is -2.30. The number of anilines is 1. The van der Waals surface area contributed by atoms with Gasteiger partial charge in [0.05, 0.1) is 37.1 Å². The van der Waals surface area contributed by atoms with Gasteiger partial charge in [0.25, 0.3) is 0 Å². The molecule has 1 heterocycles. The maximum atomic E-state index is 14.1. The van der Waals surface area contributed by atoms with Gasteiger partial charge in [-0.1, -0.05) is 13.8 Å². The fraction of sp³-hybridized carbons (Fsp3) is 0.619. The highest BCUT2D eigenvalue weighted by Crippen LogP contribution is 2.32. The number of fused-ring (bicyclic) bond motifs is 1. The number of ether oxygens (including phenoxy) is 3. The van der Waals surface area contributed by atoms with Gasteiger partial charge in [0.15, 0.2) is 6.29 Å². The standard InChI is InChI=1S/C21H33FN2O5/c1-21(2,13-29-7-5-6-20(27-3)28-4)19-9-14-8-17(23)16(22)10-18(14)24(19)11-15(26)12-25/h8-10,15,20,25-26H,5-7,11-13,23H2,1-4H3/t15-/m1/s1. The van der Waals surface area contributed by atoms with Crippen molar-refractivity contribution >= 4 is 16.6 Å². The van der Waals surface area contributed by atoms with E-state index in [0.717, 1.165) is 23.9 Å². The monoisotopic (exact) mass is 412 g/mol. The zero-order chi connectivity index (χ0) is 21.6. The summed E-state index contributed by atoms with van der Waals surface area (Å²) in [6.45, 7) is 4.79. The molecule has 0 unspecified atom stereocenters. The molecule has 164 valence electrons. The lowest BCUT2D eigenvalue weighted by atomic mass is 9.90. The van der Waals surface area contributed by atoms with Gasteiger partial charge in [-0.3, -0.25) is 0 Å². The number of benzene rings is 1. The SMILES string of the molecule is COC(CCCOCC(C)(C)c1cc2cc(N)c(F)cc2n1C[C@@H](O)CO)OC. The van der Waals surface area contributed by atoms with Crippen molar-refractivity contribution in [1.29, 1.82) is 0 Å². The molecule has 1 atom stereocenters. The average molecular weight is 413 g/mol. The number of halogens is 1. The van der Waals surface area contributed by atoms with E-state index in [0.29, 0.717) is 18.7 Å². The Hall–Kier alpha value is -1.71. The Morgan fingerprint density at radius 2 is 1.90 bits per heavy atom. The van der Waals surface area contributed by atoms with Gasteiger partial charge in [0.2, 0.25) is 0 Å².